The predicted octanol–water partition coefficient (Wildman–Crippen LogP) is 2.29. The van der Waals surface area contributed by atoms with Crippen LogP contribution in [0, 0.1) is 0 Å². The van der Waals surface area contributed by atoms with Crippen LogP contribution in [0.2, 0.25) is 0 Å². The summed E-state index contributed by atoms with van der Waals surface area (Å²) in [4.78, 5) is 4.23. The highest BCUT2D eigenvalue weighted by Crippen LogP contribution is 2.24. The molecule has 2 N–H and O–H groups in total. The molecule has 2 aromatic rings. The average molecular weight is 244 g/mol. The monoisotopic (exact) mass is 244 g/mol. The van der Waals surface area contributed by atoms with Crippen LogP contribution in [0.5, 0.6) is 11.5 Å². The normalized spacial score (nSPS) is 10.1. The van der Waals surface area contributed by atoms with Gasteiger partial charge in [-0.05, 0) is 12.1 Å². The number of hydrogen-bond donors (Lipinski definition) is 1. The number of aromatic nitrogens is 1. The highest BCUT2D eigenvalue weighted by atomic mass is 16.5. The number of hydrogen-bond acceptors (Lipinski definition) is 4. The summed E-state index contributed by atoms with van der Waals surface area (Å²) in [6.07, 6.45) is 2.54. The van der Waals surface area contributed by atoms with Crippen LogP contribution in [0.15, 0.2) is 42.6 Å². The lowest BCUT2D eigenvalue weighted by molar-refractivity contribution is 0.318. The molecule has 4 heteroatoms. The zero-order valence-electron chi connectivity index (χ0n) is 10.3. The van der Waals surface area contributed by atoms with E-state index >= 15 is 0 Å². The zero-order valence-corrected chi connectivity index (χ0v) is 10.3. The first-order chi connectivity index (χ1) is 8.78. The van der Waals surface area contributed by atoms with E-state index in [1.807, 2.05) is 24.3 Å². The lowest BCUT2D eigenvalue weighted by Gasteiger charge is -2.08. The molecule has 0 aliphatic heterocycles. The van der Waals surface area contributed by atoms with Crippen molar-refractivity contribution in [2.45, 2.75) is 6.42 Å². The smallest absolute Gasteiger partial charge is 0.125 e. The van der Waals surface area contributed by atoms with Crippen LogP contribution in [0.25, 0.3) is 0 Å². The third-order valence-corrected chi connectivity index (χ3v) is 2.49. The number of pyridine rings is 1. The van der Waals surface area contributed by atoms with Crippen molar-refractivity contribution in [2.75, 3.05) is 19.5 Å². The van der Waals surface area contributed by atoms with E-state index in [0.717, 1.165) is 12.1 Å². The van der Waals surface area contributed by atoms with Crippen molar-refractivity contribution >= 4 is 5.69 Å². The van der Waals surface area contributed by atoms with Crippen molar-refractivity contribution in [3.63, 3.8) is 0 Å². The van der Waals surface area contributed by atoms with Gasteiger partial charge in [-0.2, -0.15) is 0 Å². The first kappa shape index (κ1) is 12.2. The maximum Gasteiger partial charge on any atom is 0.125 e. The first-order valence-electron chi connectivity index (χ1n) is 5.75. The van der Waals surface area contributed by atoms with Gasteiger partial charge in [0.15, 0.2) is 0 Å². The Kier molecular flexibility index (Phi) is 4.02. The van der Waals surface area contributed by atoms with Gasteiger partial charge in [0.25, 0.3) is 0 Å². The molecule has 0 fully saturated rings. The number of ether oxygens (including phenoxy) is 2. The molecule has 0 amide bonds. The average Bonchev–Trinajstić information content (AvgIpc) is 2.39. The fourth-order valence-electron chi connectivity index (χ4n) is 1.61. The van der Waals surface area contributed by atoms with Crippen LogP contribution in [0.1, 0.15) is 5.69 Å². The summed E-state index contributed by atoms with van der Waals surface area (Å²) in [6.45, 7) is 0.559. The maximum atomic E-state index is 5.75. The van der Waals surface area contributed by atoms with Gasteiger partial charge in [-0.1, -0.05) is 6.07 Å². The van der Waals surface area contributed by atoms with Crippen LogP contribution in [-0.2, 0) is 6.42 Å². The van der Waals surface area contributed by atoms with E-state index in [-0.39, 0.29) is 0 Å². The molecule has 2 rings (SSSR count). The highest BCUT2D eigenvalue weighted by Gasteiger charge is 2.01. The van der Waals surface area contributed by atoms with Gasteiger partial charge in [0.1, 0.15) is 11.5 Å². The van der Waals surface area contributed by atoms with Gasteiger partial charge in [0.2, 0.25) is 0 Å². The zero-order chi connectivity index (χ0) is 12.8. The molecule has 0 unspecified atom stereocenters. The molecule has 0 saturated heterocycles. The molecule has 94 valence electrons. The Morgan fingerprint density at radius 3 is 2.72 bits per heavy atom. The number of nitrogens with two attached hydrogens (primary N) is 1. The Bertz CT molecular complexity index is 500. The number of anilines is 1. The molecule has 4 nitrogen and oxygen atoms in total. The van der Waals surface area contributed by atoms with E-state index in [0.29, 0.717) is 23.8 Å². The second-order valence-electron chi connectivity index (χ2n) is 3.86. The molecule has 1 aromatic carbocycles. The Labute approximate surface area is 106 Å². The van der Waals surface area contributed by atoms with E-state index in [1.165, 1.54) is 0 Å². The van der Waals surface area contributed by atoms with E-state index < -0.39 is 0 Å². The molecule has 0 saturated carbocycles. The lowest BCUT2D eigenvalue weighted by atomic mass is 10.2. The van der Waals surface area contributed by atoms with Crippen LogP contribution in [0.3, 0.4) is 0 Å². The van der Waals surface area contributed by atoms with E-state index in [1.54, 1.807) is 25.4 Å². The Morgan fingerprint density at radius 1 is 1.17 bits per heavy atom. The van der Waals surface area contributed by atoms with E-state index in [9.17, 15) is 0 Å². The summed E-state index contributed by atoms with van der Waals surface area (Å²) in [5.41, 5.74) is 7.38. The highest BCUT2D eigenvalue weighted by molar-refractivity contribution is 5.50. The predicted molar refractivity (Wildman–Crippen MR) is 70.8 cm³/mol. The summed E-state index contributed by atoms with van der Waals surface area (Å²) >= 11 is 0. The fraction of sp³-hybridized carbons (Fsp3) is 0.214. The molecule has 0 aliphatic rings. The molecule has 1 aromatic heterocycles. The number of nitrogens with zero attached hydrogens (tertiary/aromatic N) is 1. The molecule has 0 atom stereocenters. The molecule has 0 bridgehead atoms. The van der Waals surface area contributed by atoms with Gasteiger partial charge in [-0.3, -0.25) is 4.98 Å². The molecule has 18 heavy (non-hydrogen) atoms. The van der Waals surface area contributed by atoms with Crippen molar-refractivity contribution in [3.8, 4) is 11.5 Å². The second kappa shape index (κ2) is 5.91. The molecule has 0 spiro atoms. The summed E-state index contributed by atoms with van der Waals surface area (Å²) < 4.78 is 10.8. The van der Waals surface area contributed by atoms with Crippen molar-refractivity contribution in [3.05, 3.63) is 48.3 Å². The first-order valence-corrected chi connectivity index (χ1v) is 5.75. The van der Waals surface area contributed by atoms with Gasteiger partial charge in [0.05, 0.1) is 13.7 Å². The SMILES string of the molecule is COc1cc(N)cc(OCCc2ccccn2)c1. The largest absolute Gasteiger partial charge is 0.497 e. The fourth-order valence-corrected chi connectivity index (χ4v) is 1.61. The van der Waals surface area contributed by atoms with Gasteiger partial charge in [-0.15, -0.1) is 0 Å². The summed E-state index contributed by atoms with van der Waals surface area (Å²) in [5, 5.41) is 0. The van der Waals surface area contributed by atoms with Gasteiger partial charge >= 0.3 is 0 Å². The van der Waals surface area contributed by atoms with E-state index in [2.05, 4.69) is 4.98 Å². The summed E-state index contributed by atoms with van der Waals surface area (Å²) in [7, 11) is 1.60. The lowest BCUT2D eigenvalue weighted by Crippen LogP contribution is -2.03. The molecule has 0 radical (unpaired) electrons. The standard InChI is InChI=1S/C14H16N2O2/c1-17-13-8-11(15)9-14(10-13)18-7-5-12-4-2-3-6-16-12/h2-4,6,8-10H,5,7,15H2,1H3. The van der Waals surface area contributed by atoms with Crippen molar-refractivity contribution in [1.29, 1.82) is 0 Å². The van der Waals surface area contributed by atoms with Crippen LogP contribution < -0.4 is 15.2 Å². The number of nitrogen functional groups attached to an aromatic ring is 1. The molecular formula is C14H16N2O2. The number of rotatable bonds is 5. The van der Waals surface area contributed by atoms with Crippen molar-refractivity contribution < 1.29 is 9.47 Å². The van der Waals surface area contributed by atoms with Crippen LogP contribution in [0.4, 0.5) is 5.69 Å². The second-order valence-corrected chi connectivity index (χ2v) is 3.86. The minimum atomic E-state index is 0.559. The summed E-state index contributed by atoms with van der Waals surface area (Å²) in [6, 6.07) is 11.2. The Balaban J connectivity index is 1.92. The Morgan fingerprint density at radius 2 is 2.00 bits per heavy atom. The van der Waals surface area contributed by atoms with E-state index in [4.69, 9.17) is 15.2 Å². The quantitative estimate of drug-likeness (QED) is 0.820. The third-order valence-electron chi connectivity index (χ3n) is 2.49. The number of benzene rings is 1. The van der Waals surface area contributed by atoms with Crippen LogP contribution in [-0.4, -0.2) is 18.7 Å². The van der Waals surface area contributed by atoms with Gasteiger partial charge < -0.3 is 15.2 Å². The summed E-state index contributed by atoms with van der Waals surface area (Å²) in [5.74, 6) is 1.41. The molecular weight excluding hydrogens is 228 g/mol. The Hall–Kier alpha value is -2.23. The van der Waals surface area contributed by atoms with Crippen molar-refractivity contribution in [1.82, 2.24) is 4.98 Å². The van der Waals surface area contributed by atoms with Gasteiger partial charge in [-0.25, -0.2) is 0 Å². The van der Waals surface area contributed by atoms with Crippen LogP contribution >= 0.6 is 0 Å². The van der Waals surface area contributed by atoms with Crippen molar-refractivity contribution in [2.24, 2.45) is 0 Å². The van der Waals surface area contributed by atoms with Gasteiger partial charge in [0, 0.05) is 42.2 Å². The molecule has 1 heterocycles. The molecule has 0 aliphatic carbocycles. The third kappa shape index (κ3) is 3.38. The topological polar surface area (TPSA) is 57.4 Å². The minimum Gasteiger partial charge on any atom is -0.497 e. The maximum absolute atomic E-state index is 5.75. The number of methoxy groups -OCH3 is 1. The minimum absolute atomic E-state index is 0.559.